The average Bonchev–Trinajstić information content (AvgIpc) is 3.35. The van der Waals surface area contributed by atoms with Crippen molar-refractivity contribution in [3.8, 4) is 28.5 Å². The Morgan fingerprint density at radius 1 is 1.06 bits per heavy atom. The molecule has 1 aromatic heterocycles. The Kier molecular flexibility index (Phi) is 6.87. The molecule has 0 aliphatic carbocycles. The van der Waals surface area contributed by atoms with Crippen LogP contribution in [0.1, 0.15) is 67.7 Å². The summed E-state index contributed by atoms with van der Waals surface area (Å²) >= 11 is 0. The van der Waals surface area contributed by atoms with Crippen LogP contribution in [0.2, 0.25) is 0 Å². The fourth-order valence-corrected chi connectivity index (χ4v) is 4.30. The zero-order chi connectivity index (χ0) is 23.4. The van der Waals surface area contributed by atoms with Crippen LogP contribution >= 0.6 is 0 Å². The van der Waals surface area contributed by atoms with Crippen LogP contribution in [0.4, 0.5) is 0 Å². The molecule has 7 heteroatoms. The molecular formula is C26H31N3O4. The number of amides is 1. The van der Waals surface area contributed by atoms with Gasteiger partial charge in [-0.3, -0.25) is 9.89 Å². The van der Waals surface area contributed by atoms with Crippen LogP contribution in [-0.4, -0.2) is 45.9 Å². The Balaban J connectivity index is 1.81. The number of benzene rings is 2. The maximum absolute atomic E-state index is 13.3. The Labute approximate surface area is 194 Å². The van der Waals surface area contributed by atoms with E-state index < -0.39 is 0 Å². The minimum absolute atomic E-state index is 0.0905. The van der Waals surface area contributed by atoms with Crippen molar-refractivity contribution in [2.24, 2.45) is 0 Å². The quantitative estimate of drug-likeness (QED) is 0.409. The highest BCUT2D eigenvalue weighted by atomic mass is 16.5. The number of hydrogen-bond acceptors (Lipinski definition) is 5. The van der Waals surface area contributed by atoms with Gasteiger partial charge in [0.05, 0.1) is 19.3 Å². The van der Waals surface area contributed by atoms with Gasteiger partial charge in [-0.1, -0.05) is 38.5 Å². The van der Waals surface area contributed by atoms with Crippen molar-refractivity contribution >= 4 is 5.91 Å². The van der Waals surface area contributed by atoms with E-state index in [0.29, 0.717) is 48.2 Å². The van der Waals surface area contributed by atoms with Crippen molar-refractivity contribution in [2.45, 2.75) is 46.1 Å². The number of para-hydroxylation sites is 1. The maximum atomic E-state index is 13.3. The van der Waals surface area contributed by atoms with Gasteiger partial charge >= 0.3 is 0 Å². The zero-order valence-electron chi connectivity index (χ0n) is 19.4. The predicted octanol–water partition coefficient (Wildman–Crippen LogP) is 5.32. The molecule has 2 aromatic carbocycles. The molecule has 33 heavy (non-hydrogen) atoms. The molecule has 0 saturated carbocycles. The lowest BCUT2D eigenvalue weighted by Crippen LogP contribution is -2.30. The summed E-state index contributed by atoms with van der Waals surface area (Å²) in [6.07, 6.45) is 2.84. The average molecular weight is 450 g/mol. The van der Waals surface area contributed by atoms with E-state index in [0.717, 1.165) is 30.4 Å². The van der Waals surface area contributed by atoms with Gasteiger partial charge in [-0.05, 0) is 49.6 Å². The SMILES string of the molecule is CCCCOc1ccc(C2c3c(-c4ccccc4O)n[nH]c3C(=O)N2CCC)cc1OCC. The highest BCUT2D eigenvalue weighted by Crippen LogP contribution is 2.45. The lowest BCUT2D eigenvalue weighted by molar-refractivity contribution is 0.0743. The molecule has 3 aromatic rings. The summed E-state index contributed by atoms with van der Waals surface area (Å²) in [6, 6.07) is 12.6. The molecule has 0 saturated heterocycles. The number of hydrogen-bond donors (Lipinski definition) is 2. The van der Waals surface area contributed by atoms with E-state index in [1.165, 1.54) is 0 Å². The summed E-state index contributed by atoms with van der Waals surface area (Å²) in [4.78, 5) is 15.1. The van der Waals surface area contributed by atoms with Crippen LogP contribution in [0.25, 0.3) is 11.3 Å². The molecule has 0 radical (unpaired) electrons. The predicted molar refractivity (Wildman–Crippen MR) is 127 cm³/mol. The summed E-state index contributed by atoms with van der Waals surface area (Å²) in [7, 11) is 0. The van der Waals surface area contributed by atoms with Crippen LogP contribution in [0, 0.1) is 0 Å². The number of phenols is 1. The number of aromatic amines is 1. The first-order chi connectivity index (χ1) is 16.1. The molecule has 0 spiro atoms. The van der Waals surface area contributed by atoms with E-state index >= 15 is 0 Å². The normalized spacial score (nSPS) is 15.1. The van der Waals surface area contributed by atoms with Crippen molar-refractivity contribution in [1.29, 1.82) is 0 Å². The standard InChI is InChI=1S/C26H31N3O4/c1-4-7-15-33-20-13-12-17(16-21(20)32-6-3)25-22-23(18-10-8-9-11-19(18)30)27-28-24(22)26(31)29(25)14-5-2/h8-13,16,25,30H,4-7,14-15H2,1-3H3,(H,27,28). The Hall–Kier alpha value is -3.48. The number of unbranched alkanes of at least 4 members (excludes halogenated alkanes) is 1. The van der Waals surface area contributed by atoms with Crippen molar-refractivity contribution in [1.82, 2.24) is 15.1 Å². The molecule has 2 heterocycles. The first kappa shape index (κ1) is 22.7. The molecule has 2 N–H and O–H groups in total. The molecule has 1 amide bonds. The Bertz CT molecular complexity index is 1120. The van der Waals surface area contributed by atoms with Gasteiger partial charge in [0.15, 0.2) is 11.5 Å². The lowest BCUT2D eigenvalue weighted by atomic mass is 9.95. The molecule has 4 rings (SSSR count). The smallest absolute Gasteiger partial charge is 0.273 e. The summed E-state index contributed by atoms with van der Waals surface area (Å²) in [5.41, 5.74) is 3.34. The maximum Gasteiger partial charge on any atom is 0.273 e. The number of fused-ring (bicyclic) bond motifs is 1. The number of nitrogens with zero attached hydrogens (tertiary/aromatic N) is 2. The van der Waals surface area contributed by atoms with Crippen molar-refractivity contribution in [3.05, 3.63) is 59.3 Å². The number of H-pyrrole nitrogens is 1. The fourth-order valence-electron chi connectivity index (χ4n) is 4.30. The third-order valence-corrected chi connectivity index (χ3v) is 5.83. The number of carbonyl (C=O) groups is 1. The molecule has 1 unspecified atom stereocenters. The highest BCUT2D eigenvalue weighted by molar-refractivity contribution is 6.00. The van der Waals surface area contributed by atoms with E-state index in [1.807, 2.05) is 42.2 Å². The third-order valence-electron chi connectivity index (χ3n) is 5.83. The number of aromatic hydroxyl groups is 1. The number of carbonyl (C=O) groups excluding carboxylic acids is 1. The van der Waals surface area contributed by atoms with Gasteiger partial charge < -0.3 is 19.5 Å². The Morgan fingerprint density at radius 3 is 2.61 bits per heavy atom. The van der Waals surface area contributed by atoms with Gasteiger partial charge in [0, 0.05) is 17.7 Å². The third kappa shape index (κ3) is 4.27. The number of ether oxygens (including phenoxy) is 2. The second-order valence-corrected chi connectivity index (χ2v) is 8.12. The number of rotatable bonds is 10. The Morgan fingerprint density at radius 2 is 1.88 bits per heavy atom. The van der Waals surface area contributed by atoms with Gasteiger partial charge in [-0.15, -0.1) is 0 Å². The molecule has 1 aliphatic heterocycles. The topological polar surface area (TPSA) is 87.7 Å². The largest absolute Gasteiger partial charge is 0.507 e. The second-order valence-electron chi connectivity index (χ2n) is 8.12. The van der Waals surface area contributed by atoms with Crippen molar-refractivity contribution in [2.75, 3.05) is 19.8 Å². The number of phenolic OH excluding ortho intramolecular Hbond substituents is 1. The zero-order valence-corrected chi connectivity index (χ0v) is 19.4. The van der Waals surface area contributed by atoms with E-state index in [-0.39, 0.29) is 17.7 Å². The minimum atomic E-state index is -0.343. The van der Waals surface area contributed by atoms with E-state index in [9.17, 15) is 9.90 Å². The van der Waals surface area contributed by atoms with E-state index in [4.69, 9.17) is 9.47 Å². The van der Waals surface area contributed by atoms with Gasteiger partial charge in [0.2, 0.25) is 0 Å². The molecule has 174 valence electrons. The van der Waals surface area contributed by atoms with Crippen LogP contribution in [0.3, 0.4) is 0 Å². The van der Waals surface area contributed by atoms with Crippen molar-refractivity contribution in [3.63, 3.8) is 0 Å². The lowest BCUT2D eigenvalue weighted by Gasteiger charge is -2.26. The molecule has 0 bridgehead atoms. The van der Waals surface area contributed by atoms with E-state index in [1.54, 1.807) is 12.1 Å². The summed E-state index contributed by atoms with van der Waals surface area (Å²) in [5, 5.41) is 17.8. The van der Waals surface area contributed by atoms with Gasteiger partial charge in [-0.2, -0.15) is 5.10 Å². The fraction of sp³-hybridized carbons (Fsp3) is 0.385. The van der Waals surface area contributed by atoms with Crippen LogP contribution < -0.4 is 9.47 Å². The molecule has 7 nitrogen and oxygen atoms in total. The van der Waals surface area contributed by atoms with Crippen LogP contribution in [0.15, 0.2) is 42.5 Å². The van der Waals surface area contributed by atoms with Crippen LogP contribution in [-0.2, 0) is 0 Å². The molecule has 1 atom stereocenters. The number of aromatic nitrogens is 2. The first-order valence-electron chi connectivity index (χ1n) is 11.7. The van der Waals surface area contributed by atoms with Crippen LogP contribution in [0.5, 0.6) is 17.2 Å². The monoisotopic (exact) mass is 449 g/mol. The number of nitrogens with one attached hydrogen (secondary N) is 1. The first-order valence-corrected chi connectivity index (χ1v) is 11.7. The van der Waals surface area contributed by atoms with E-state index in [2.05, 4.69) is 24.0 Å². The summed E-state index contributed by atoms with van der Waals surface area (Å²) in [5.74, 6) is 1.40. The van der Waals surface area contributed by atoms with Gasteiger partial charge in [-0.25, -0.2) is 0 Å². The minimum Gasteiger partial charge on any atom is -0.507 e. The van der Waals surface area contributed by atoms with Crippen molar-refractivity contribution < 1.29 is 19.4 Å². The molecule has 1 aliphatic rings. The second kappa shape index (κ2) is 9.98. The highest BCUT2D eigenvalue weighted by Gasteiger charge is 2.42. The summed E-state index contributed by atoms with van der Waals surface area (Å²) in [6.45, 7) is 7.86. The van der Waals surface area contributed by atoms with Gasteiger partial charge in [0.1, 0.15) is 17.1 Å². The summed E-state index contributed by atoms with van der Waals surface area (Å²) < 4.78 is 11.9. The molecular weight excluding hydrogens is 418 g/mol. The molecule has 0 fully saturated rings. The van der Waals surface area contributed by atoms with Gasteiger partial charge in [0.25, 0.3) is 5.91 Å².